The van der Waals surface area contributed by atoms with Gasteiger partial charge in [-0.25, -0.2) is 14.6 Å². The van der Waals surface area contributed by atoms with Gasteiger partial charge in [0.2, 0.25) is 5.88 Å². The molecule has 3 aromatic heterocycles. The lowest BCUT2D eigenvalue weighted by Gasteiger charge is -2.06. The molecular weight excluding hydrogens is 374 g/mol. The second-order valence-corrected chi connectivity index (χ2v) is 8.43. The van der Waals surface area contributed by atoms with Crippen molar-refractivity contribution in [3.05, 3.63) is 27.9 Å². The van der Waals surface area contributed by atoms with Crippen LogP contribution in [0.2, 0.25) is 0 Å². The minimum Gasteiger partial charge on any atom is -0.466 e. The summed E-state index contributed by atoms with van der Waals surface area (Å²) >= 11 is 1.59. The van der Waals surface area contributed by atoms with Crippen molar-refractivity contribution in [2.75, 3.05) is 11.9 Å². The lowest BCUT2D eigenvalue weighted by Crippen LogP contribution is -2.20. The Bertz CT molecular complexity index is 998. The topological polar surface area (TPSA) is 81.9 Å². The van der Waals surface area contributed by atoms with Crippen LogP contribution in [0.5, 0.6) is 5.88 Å². The Morgan fingerprint density at radius 1 is 1.21 bits per heavy atom. The van der Waals surface area contributed by atoms with Crippen LogP contribution in [0, 0.1) is 13.8 Å². The van der Waals surface area contributed by atoms with Crippen LogP contribution in [0.25, 0.3) is 11.0 Å². The molecule has 0 radical (unpaired) electrons. The third-order valence-corrected chi connectivity index (χ3v) is 6.09. The molecule has 0 unspecified atom stereocenters. The smallest absolute Gasteiger partial charge is 0.264 e. The van der Waals surface area contributed by atoms with Crippen LogP contribution in [0.4, 0.5) is 5.13 Å². The molecule has 0 fully saturated rings. The van der Waals surface area contributed by atoms with E-state index in [9.17, 15) is 4.79 Å². The van der Waals surface area contributed by atoms with E-state index in [-0.39, 0.29) is 12.5 Å². The summed E-state index contributed by atoms with van der Waals surface area (Å²) in [4.78, 5) is 22.8. The van der Waals surface area contributed by atoms with E-state index in [0.29, 0.717) is 11.0 Å². The van der Waals surface area contributed by atoms with E-state index in [2.05, 4.69) is 20.4 Å². The fourth-order valence-electron chi connectivity index (χ4n) is 3.70. The Morgan fingerprint density at radius 2 is 2.00 bits per heavy atom. The number of carbonyl (C=O) groups excluding carboxylic acids is 1. The van der Waals surface area contributed by atoms with E-state index in [1.54, 1.807) is 16.0 Å². The van der Waals surface area contributed by atoms with E-state index in [1.807, 2.05) is 27.0 Å². The van der Waals surface area contributed by atoms with Crippen molar-refractivity contribution in [1.29, 1.82) is 0 Å². The van der Waals surface area contributed by atoms with Gasteiger partial charge in [-0.05, 0) is 51.2 Å². The number of ether oxygens (including phenoxy) is 1. The number of fused-ring (bicyclic) bond motifs is 2. The molecule has 7 nitrogen and oxygen atoms in total. The van der Waals surface area contributed by atoms with Crippen LogP contribution in [-0.2, 0) is 24.7 Å². The van der Waals surface area contributed by atoms with E-state index >= 15 is 0 Å². The third-order valence-electron chi connectivity index (χ3n) is 5.02. The fraction of sp³-hybridized carbons (Fsp3) is 0.500. The molecule has 148 valence electrons. The quantitative estimate of drug-likeness (QED) is 0.723. The summed E-state index contributed by atoms with van der Waals surface area (Å²) in [5.74, 6) is 0.210. The standard InChI is InChI=1S/C20H25N5O2S/c1-12-10-13(2)21-18-17(12)19(24-25(18)3)27-11-16(26)23-20-22-14-8-6-4-5-7-9-15(14)28-20/h10H,4-9,11H2,1-3H3,(H,22,23,26). The lowest BCUT2D eigenvalue weighted by atomic mass is 10.0. The Labute approximate surface area is 168 Å². The Kier molecular flexibility index (Phi) is 5.30. The minimum atomic E-state index is -0.224. The molecule has 1 amide bonds. The van der Waals surface area contributed by atoms with Gasteiger partial charge in [-0.15, -0.1) is 16.4 Å². The summed E-state index contributed by atoms with van der Waals surface area (Å²) in [7, 11) is 1.83. The van der Waals surface area contributed by atoms with Crippen molar-refractivity contribution in [3.63, 3.8) is 0 Å². The SMILES string of the molecule is Cc1cc(C)c2c(OCC(=O)Nc3nc4c(s3)CCCCCC4)nn(C)c2n1. The molecule has 28 heavy (non-hydrogen) atoms. The molecule has 0 atom stereocenters. The zero-order chi connectivity index (χ0) is 19.7. The summed E-state index contributed by atoms with van der Waals surface area (Å²) in [5.41, 5.74) is 3.86. The molecule has 1 aliphatic rings. The fourth-order valence-corrected chi connectivity index (χ4v) is 4.76. The zero-order valence-corrected chi connectivity index (χ0v) is 17.4. The molecule has 0 saturated carbocycles. The third kappa shape index (κ3) is 3.87. The number of hydrogen-bond acceptors (Lipinski definition) is 6. The molecule has 0 saturated heterocycles. The van der Waals surface area contributed by atoms with Gasteiger partial charge in [-0.2, -0.15) is 0 Å². The van der Waals surface area contributed by atoms with Crippen molar-refractivity contribution in [2.45, 2.75) is 52.4 Å². The second kappa shape index (κ2) is 7.87. The van der Waals surface area contributed by atoms with Crippen molar-refractivity contribution in [2.24, 2.45) is 7.05 Å². The molecule has 8 heteroatoms. The number of nitrogens with zero attached hydrogens (tertiary/aromatic N) is 4. The van der Waals surface area contributed by atoms with Crippen LogP contribution >= 0.6 is 11.3 Å². The van der Waals surface area contributed by atoms with Gasteiger partial charge in [-0.1, -0.05) is 12.8 Å². The maximum Gasteiger partial charge on any atom is 0.264 e. The van der Waals surface area contributed by atoms with Gasteiger partial charge in [-0.3, -0.25) is 10.1 Å². The number of pyridine rings is 1. The first-order valence-electron chi connectivity index (χ1n) is 9.73. The highest BCUT2D eigenvalue weighted by Gasteiger charge is 2.17. The summed E-state index contributed by atoms with van der Waals surface area (Å²) in [6.07, 6.45) is 6.98. The van der Waals surface area contributed by atoms with Gasteiger partial charge in [0, 0.05) is 17.6 Å². The minimum absolute atomic E-state index is 0.107. The maximum absolute atomic E-state index is 12.4. The van der Waals surface area contributed by atoms with Crippen molar-refractivity contribution < 1.29 is 9.53 Å². The predicted octanol–water partition coefficient (Wildman–Crippen LogP) is 3.72. The highest BCUT2D eigenvalue weighted by molar-refractivity contribution is 7.15. The highest BCUT2D eigenvalue weighted by Crippen LogP contribution is 2.29. The highest BCUT2D eigenvalue weighted by atomic mass is 32.1. The molecule has 4 rings (SSSR count). The average molecular weight is 400 g/mol. The van der Waals surface area contributed by atoms with E-state index < -0.39 is 0 Å². The van der Waals surface area contributed by atoms with Crippen LogP contribution in [0.3, 0.4) is 0 Å². The number of aromatic nitrogens is 4. The Morgan fingerprint density at radius 3 is 2.82 bits per heavy atom. The van der Waals surface area contributed by atoms with Crippen LogP contribution in [0.1, 0.15) is 47.5 Å². The number of hydrogen-bond donors (Lipinski definition) is 1. The normalized spacial score (nSPS) is 14.4. The number of thiazole rings is 1. The first kappa shape index (κ1) is 18.9. The number of anilines is 1. The number of rotatable bonds is 4. The van der Waals surface area contributed by atoms with Crippen LogP contribution in [-0.4, -0.2) is 32.3 Å². The first-order chi connectivity index (χ1) is 13.5. The van der Waals surface area contributed by atoms with Crippen molar-refractivity contribution in [1.82, 2.24) is 19.7 Å². The van der Waals surface area contributed by atoms with E-state index in [0.717, 1.165) is 40.8 Å². The van der Waals surface area contributed by atoms with Crippen LogP contribution in [0.15, 0.2) is 6.07 Å². The predicted molar refractivity (Wildman–Crippen MR) is 110 cm³/mol. The summed E-state index contributed by atoms with van der Waals surface area (Å²) in [6.45, 7) is 3.84. The number of aryl methyl sites for hydroxylation is 5. The lowest BCUT2D eigenvalue weighted by molar-refractivity contribution is -0.118. The van der Waals surface area contributed by atoms with E-state index in [4.69, 9.17) is 4.74 Å². The van der Waals surface area contributed by atoms with Gasteiger partial charge in [0.25, 0.3) is 5.91 Å². The average Bonchev–Trinajstić information content (AvgIpc) is 3.14. The molecule has 0 aliphatic heterocycles. The van der Waals surface area contributed by atoms with Gasteiger partial charge >= 0.3 is 0 Å². The summed E-state index contributed by atoms with van der Waals surface area (Å²) in [6, 6.07) is 1.99. The molecule has 3 aromatic rings. The van der Waals surface area contributed by atoms with Gasteiger partial charge in [0.15, 0.2) is 17.4 Å². The molecular formula is C20H25N5O2S. The molecule has 1 aliphatic carbocycles. The Balaban J connectivity index is 1.44. The molecule has 1 N–H and O–H groups in total. The molecule has 0 aromatic carbocycles. The van der Waals surface area contributed by atoms with Gasteiger partial charge in [0.05, 0.1) is 11.1 Å². The van der Waals surface area contributed by atoms with Crippen LogP contribution < -0.4 is 10.1 Å². The number of amides is 1. The zero-order valence-electron chi connectivity index (χ0n) is 16.5. The van der Waals surface area contributed by atoms with Gasteiger partial charge in [0.1, 0.15) is 0 Å². The molecule has 0 bridgehead atoms. The number of carbonyl (C=O) groups is 1. The largest absolute Gasteiger partial charge is 0.466 e. The second-order valence-electron chi connectivity index (χ2n) is 7.35. The maximum atomic E-state index is 12.4. The monoisotopic (exact) mass is 399 g/mol. The number of nitrogens with one attached hydrogen (secondary N) is 1. The van der Waals surface area contributed by atoms with Crippen molar-refractivity contribution >= 4 is 33.4 Å². The summed E-state index contributed by atoms with van der Waals surface area (Å²) < 4.78 is 7.41. The molecule has 3 heterocycles. The first-order valence-corrected chi connectivity index (χ1v) is 10.5. The van der Waals surface area contributed by atoms with E-state index in [1.165, 1.54) is 30.6 Å². The van der Waals surface area contributed by atoms with Gasteiger partial charge < -0.3 is 4.74 Å². The molecule has 0 spiro atoms. The summed E-state index contributed by atoms with van der Waals surface area (Å²) in [5, 5.41) is 8.78. The van der Waals surface area contributed by atoms with Crippen molar-refractivity contribution in [3.8, 4) is 5.88 Å². The Hall–Kier alpha value is -2.48.